The van der Waals surface area contributed by atoms with Crippen molar-refractivity contribution in [2.75, 3.05) is 44.2 Å². The Hall–Kier alpha value is -2.04. The second-order valence-corrected chi connectivity index (χ2v) is 7.42. The Morgan fingerprint density at radius 3 is 2.15 bits per heavy atom. The number of hydrogen-bond donors (Lipinski definition) is 0. The van der Waals surface area contributed by atoms with Gasteiger partial charge in [0, 0.05) is 45.0 Å². The van der Waals surface area contributed by atoms with E-state index in [1.807, 2.05) is 28.0 Å². The molecule has 0 aromatic heterocycles. The number of benzene rings is 1. The fourth-order valence-electron chi connectivity index (χ4n) is 3.91. The van der Waals surface area contributed by atoms with Crippen LogP contribution in [0.1, 0.15) is 33.1 Å². The lowest BCUT2D eigenvalue weighted by molar-refractivity contribution is -0.138. The van der Waals surface area contributed by atoms with Crippen molar-refractivity contribution >= 4 is 17.5 Å². The van der Waals surface area contributed by atoms with Crippen LogP contribution in [0.4, 0.5) is 5.69 Å². The molecular weight excluding hydrogens is 326 g/mol. The van der Waals surface area contributed by atoms with Gasteiger partial charge in [0.2, 0.25) is 11.8 Å². The van der Waals surface area contributed by atoms with E-state index in [9.17, 15) is 9.59 Å². The predicted octanol–water partition coefficient (Wildman–Crippen LogP) is 2.62. The number of nitrogens with zero attached hydrogens (tertiary/aromatic N) is 3. The van der Waals surface area contributed by atoms with Gasteiger partial charge in [0.1, 0.15) is 0 Å². The van der Waals surface area contributed by atoms with Crippen molar-refractivity contribution in [2.45, 2.75) is 33.1 Å². The molecule has 2 fully saturated rings. The summed E-state index contributed by atoms with van der Waals surface area (Å²) in [6.45, 7) is 9.02. The molecule has 0 bridgehead atoms. The van der Waals surface area contributed by atoms with E-state index in [1.54, 1.807) is 0 Å². The van der Waals surface area contributed by atoms with Gasteiger partial charge in [-0.2, -0.15) is 0 Å². The highest BCUT2D eigenvalue weighted by Crippen LogP contribution is 2.41. The fraction of sp³-hybridized carbons (Fsp3) is 0.619. The van der Waals surface area contributed by atoms with Crippen molar-refractivity contribution in [1.29, 1.82) is 0 Å². The minimum Gasteiger partial charge on any atom is -0.368 e. The molecule has 2 unspecified atom stereocenters. The van der Waals surface area contributed by atoms with Crippen molar-refractivity contribution in [3.8, 4) is 0 Å². The molecule has 0 N–H and O–H groups in total. The third-order valence-electron chi connectivity index (χ3n) is 5.44. The second kappa shape index (κ2) is 8.56. The van der Waals surface area contributed by atoms with E-state index < -0.39 is 0 Å². The van der Waals surface area contributed by atoms with Gasteiger partial charge in [-0.15, -0.1) is 0 Å². The molecule has 1 heterocycles. The average molecular weight is 357 g/mol. The minimum absolute atomic E-state index is 0.0762. The van der Waals surface area contributed by atoms with Crippen LogP contribution in [0.25, 0.3) is 0 Å². The van der Waals surface area contributed by atoms with Crippen LogP contribution in [-0.4, -0.2) is 60.9 Å². The monoisotopic (exact) mass is 357 g/mol. The molecule has 1 aromatic carbocycles. The Labute approximate surface area is 156 Å². The van der Waals surface area contributed by atoms with Crippen LogP contribution < -0.4 is 4.90 Å². The number of carbonyl (C=O) groups excluding carboxylic acids is 2. The van der Waals surface area contributed by atoms with Crippen LogP contribution in [0.3, 0.4) is 0 Å². The summed E-state index contributed by atoms with van der Waals surface area (Å²) in [6.07, 6.45) is 2.68. The molecule has 2 aliphatic rings. The van der Waals surface area contributed by atoms with Gasteiger partial charge in [-0.25, -0.2) is 0 Å². The van der Waals surface area contributed by atoms with Crippen LogP contribution in [0.2, 0.25) is 0 Å². The van der Waals surface area contributed by atoms with Crippen LogP contribution in [-0.2, 0) is 9.59 Å². The topological polar surface area (TPSA) is 43.9 Å². The summed E-state index contributed by atoms with van der Waals surface area (Å²) in [5.41, 5.74) is 1.22. The predicted molar refractivity (Wildman–Crippen MR) is 104 cm³/mol. The maximum Gasteiger partial charge on any atom is 0.226 e. The van der Waals surface area contributed by atoms with Crippen LogP contribution >= 0.6 is 0 Å². The first kappa shape index (κ1) is 18.7. The number of piperazine rings is 1. The third kappa shape index (κ3) is 4.19. The summed E-state index contributed by atoms with van der Waals surface area (Å²) >= 11 is 0. The molecular formula is C21H31N3O2. The van der Waals surface area contributed by atoms with Gasteiger partial charge in [0.15, 0.2) is 0 Å². The van der Waals surface area contributed by atoms with E-state index in [0.29, 0.717) is 0 Å². The van der Waals surface area contributed by atoms with Crippen molar-refractivity contribution in [2.24, 2.45) is 11.8 Å². The number of rotatable bonds is 7. The van der Waals surface area contributed by atoms with Gasteiger partial charge in [-0.3, -0.25) is 9.59 Å². The van der Waals surface area contributed by atoms with E-state index in [4.69, 9.17) is 0 Å². The van der Waals surface area contributed by atoms with Gasteiger partial charge in [-0.05, 0) is 31.4 Å². The Morgan fingerprint density at radius 2 is 1.58 bits per heavy atom. The fourth-order valence-corrected chi connectivity index (χ4v) is 3.91. The summed E-state index contributed by atoms with van der Waals surface area (Å²) in [6, 6.07) is 10.3. The van der Waals surface area contributed by atoms with Gasteiger partial charge < -0.3 is 14.7 Å². The SMILES string of the molecule is CCCN(CCC)C(=O)C1CC1C(=O)N1CCN(c2ccccc2)CC1. The molecule has 0 spiro atoms. The maximum absolute atomic E-state index is 12.8. The molecule has 2 amide bonds. The van der Waals surface area contributed by atoms with E-state index in [0.717, 1.165) is 58.5 Å². The summed E-state index contributed by atoms with van der Waals surface area (Å²) < 4.78 is 0. The molecule has 5 heteroatoms. The highest BCUT2D eigenvalue weighted by Gasteiger charge is 2.50. The van der Waals surface area contributed by atoms with Crippen LogP contribution in [0.15, 0.2) is 30.3 Å². The lowest BCUT2D eigenvalue weighted by Gasteiger charge is -2.36. The van der Waals surface area contributed by atoms with Crippen LogP contribution in [0, 0.1) is 11.8 Å². The quantitative estimate of drug-likeness (QED) is 0.753. The molecule has 1 saturated heterocycles. The summed E-state index contributed by atoms with van der Waals surface area (Å²) in [7, 11) is 0. The Bertz CT molecular complexity index is 605. The number of anilines is 1. The lowest BCUT2D eigenvalue weighted by atomic mass is 10.2. The first-order chi connectivity index (χ1) is 12.7. The first-order valence-corrected chi connectivity index (χ1v) is 10.0. The molecule has 3 rings (SSSR count). The molecule has 1 aromatic rings. The molecule has 1 aliphatic heterocycles. The largest absolute Gasteiger partial charge is 0.368 e. The molecule has 5 nitrogen and oxygen atoms in total. The summed E-state index contributed by atoms with van der Waals surface area (Å²) in [5, 5.41) is 0. The zero-order valence-corrected chi connectivity index (χ0v) is 16.1. The van der Waals surface area contributed by atoms with E-state index >= 15 is 0 Å². The van der Waals surface area contributed by atoms with E-state index in [-0.39, 0.29) is 23.7 Å². The maximum atomic E-state index is 12.8. The van der Waals surface area contributed by atoms with Crippen LogP contribution in [0.5, 0.6) is 0 Å². The molecule has 1 aliphatic carbocycles. The van der Waals surface area contributed by atoms with Crippen molar-refractivity contribution in [3.63, 3.8) is 0 Å². The van der Waals surface area contributed by atoms with Gasteiger partial charge in [0.05, 0.1) is 11.8 Å². The zero-order chi connectivity index (χ0) is 18.5. The van der Waals surface area contributed by atoms with E-state index in [2.05, 4.69) is 30.9 Å². The Balaban J connectivity index is 1.50. The average Bonchev–Trinajstić information content (AvgIpc) is 3.48. The number of hydrogen-bond acceptors (Lipinski definition) is 3. The standard InChI is InChI=1S/C21H31N3O2/c1-3-10-23(11-4-2)20(25)18-16-19(18)21(26)24-14-12-22(13-15-24)17-8-6-5-7-9-17/h5-9,18-19H,3-4,10-16H2,1-2H3. The first-order valence-electron chi connectivity index (χ1n) is 10.0. The van der Waals surface area contributed by atoms with Crippen molar-refractivity contribution in [3.05, 3.63) is 30.3 Å². The smallest absolute Gasteiger partial charge is 0.226 e. The highest BCUT2D eigenvalue weighted by molar-refractivity contribution is 5.92. The van der Waals surface area contributed by atoms with Gasteiger partial charge in [-0.1, -0.05) is 32.0 Å². The number of para-hydroxylation sites is 1. The molecule has 2 atom stereocenters. The van der Waals surface area contributed by atoms with Gasteiger partial charge in [0.25, 0.3) is 0 Å². The second-order valence-electron chi connectivity index (χ2n) is 7.42. The lowest BCUT2D eigenvalue weighted by Crippen LogP contribution is -2.49. The molecule has 142 valence electrons. The van der Waals surface area contributed by atoms with Crippen molar-refractivity contribution < 1.29 is 9.59 Å². The minimum atomic E-state index is -0.0815. The normalized spacial score (nSPS) is 22.2. The summed E-state index contributed by atoms with van der Waals surface area (Å²) in [4.78, 5) is 31.7. The zero-order valence-electron chi connectivity index (χ0n) is 16.1. The number of carbonyl (C=O) groups is 2. The molecule has 26 heavy (non-hydrogen) atoms. The van der Waals surface area contributed by atoms with E-state index in [1.165, 1.54) is 5.69 Å². The number of amides is 2. The Kier molecular flexibility index (Phi) is 6.17. The highest BCUT2D eigenvalue weighted by atomic mass is 16.2. The van der Waals surface area contributed by atoms with Crippen molar-refractivity contribution in [1.82, 2.24) is 9.80 Å². The summed E-state index contributed by atoms with van der Waals surface area (Å²) in [5.74, 6) is 0.216. The Morgan fingerprint density at radius 1 is 0.962 bits per heavy atom. The molecule has 0 radical (unpaired) electrons. The third-order valence-corrected chi connectivity index (χ3v) is 5.44. The molecule has 1 saturated carbocycles. The van der Waals surface area contributed by atoms with Gasteiger partial charge >= 0.3 is 0 Å².